The molecule has 1 fully saturated rings. The lowest BCUT2D eigenvalue weighted by atomic mass is 10.00. The van der Waals surface area contributed by atoms with Gasteiger partial charge in [0.1, 0.15) is 0 Å². The molecular formula is C20H22N4. The van der Waals surface area contributed by atoms with E-state index in [1.807, 2.05) is 18.5 Å². The van der Waals surface area contributed by atoms with E-state index in [2.05, 4.69) is 58.5 Å². The minimum absolute atomic E-state index is 0.157. The highest BCUT2D eigenvalue weighted by atomic mass is 15.2. The van der Waals surface area contributed by atoms with Crippen LogP contribution in [-0.2, 0) is 0 Å². The van der Waals surface area contributed by atoms with Gasteiger partial charge in [0.2, 0.25) is 0 Å². The fraction of sp³-hybridized carbons (Fsp3) is 0.300. The highest BCUT2D eigenvalue weighted by Crippen LogP contribution is 2.29. The minimum atomic E-state index is 0.157. The molecule has 3 heterocycles. The summed E-state index contributed by atoms with van der Waals surface area (Å²) < 4.78 is 0. The van der Waals surface area contributed by atoms with Gasteiger partial charge in [0, 0.05) is 44.0 Å². The second kappa shape index (κ2) is 6.67. The number of pyridine rings is 2. The fourth-order valence-electron chi connectivity index (χ4n) is 3.39. The van der Waals surface area contributed by atoms with Crippen LogP contribution in [0.1, 0.15) is 22.9 Å². The Bertz CT molecular complexity index is 822. The normalized spacial score (nSPS) is 17.0. The van der Waals surface area contributed by atoms with Gasteiger partial charge in [0.15, 0.2) is 0 Å². The van der Waals surface area contributed by atoms with E-state index in [1.165, 1.54) is 16.5 Å². The number of nitrogens with one attached hydrogen (secondary N) is 1. The molecule has 2 aromatic heterocycles. The molecular weight excluding hydrogens is 296 g/mol. The van der Waals surface area contributed by atoms with Gasteiger partial charge in [0.05, 0.1) is 17.3 Å². The Morgan fingerprint density at radius 2 is 1.83 bits per heavy atom. The summed E-state index contributed by atoms with van der Waals surface area (Å²) in [6.07, 6.45) is 3.97. The third-order valence-corrected chi connectivity index (χ3v) is 4.66. The number of benzene rings is 1. The molecule has 0 bridgehead atoms. The standard InChI is InChI=1S/C20H22N4/c1-15-6-7-19(22-13-15)20(24-10-8-21-9-11-24)17-12-16-4-2-3-5-18(16)23-14-17/h2-7,12-14,20-21H,8-11H2,1H3. The number of fused-ring (bicyclic) bond motifs is 1. The molecule has 1 aliphatic rings. The summed E-state index contributed by atoms with van der Waals surface area (Å²) in [6, 6.07) is 15.0. The van der Waals surface area contributed by atoms with Crippen LogP contribution in [0.3, 0.4) is 0 Å². The third kappa shape index (κ3) is 3.03. The van der Waals surface area contributed by atoms with Crippen molar-refractivity contribution in [3.05, 3.63) is 71.7 Å². The van der Waals surface area contributed by atoms with Crippen molar-refractivity contribution in [3.8, 4) is 0 Å². The number of piperazine rings is 1. The smallest absolute Gasteiger partial charge is 0.0792 e. The van der Waals surface area contributed by atoms with Gasteiger partial charge in [-0.15, -0.1) is 0 Å². The zero-order valence-electron chi connectivity index (χ0n) is 13.9. The maximum Gasteiger partial charge on any atom is 0.0792 e. The molecule has 4 nitrogen and oxygen atoms in total. The van der Waals surface area contributed by atoms with Crippen LogP contribution >= 0.6 is 0 Å². The van der Waals surface area contributed by atoms with Gasteiger partial charge in [-0.05, 0) is 36.2 Å². The molecule has 1 aromatic carbocycles. The molecule has 24 heavy (non-hydrogen) atoms. The van der Waals surface area contributed by atoms with Crippen LogP contribution in [0.15, 0.2) is 54.9 Å². The van der Waals surface area contributed by atoms with Crippen molar-refractivity contribution in [2.75, 3.05) is 26.2 Å². The van der Waals surface area contributed by atoms with E-state index in [-0.39, 0.29) is 6.04 Å². The first-order valence-electron chi connectivity index (χ1n) is 8.53. The Morgan fingerprint density at radius 3 is 2.62 bits per heavy atom. The predicted octanol–water partition coefficient (Wildman–Crippen LogP) is 2.93. The zero-order valence-corrected chi connectivity index (χ0v) is 13.9. The molecule has 1 saturated heterocycles. The van der Waals surface area contributed by atoms with Crippen LogP contribution < -0.4 is 5.32 Å². The van der Waals surface area contributed by atoms with Gasteiger partial charge in [-0.3, -0.25) is 14.9 Å². The summed E-state index contributed by atoms with van der Waals surface area (Å²) in [7, 11) is 0. The Hall–Kier alpha value is -2.30. The van der Waals surface area contributed by atoms with Crippen LogP contribution in [0, 0.1) is 6.92 Å². The molecule has 0 saturated carbocycles. The molecule has 0 aliphatic carbocycles. The molecule has 0 amide bonds. The summed E-state index contributed by atoms with van der Waals surface area (Å²) in [5.74, 6) is 0. The first-order chi connectivity index (χ1) is 11.8. The second-order valence-corrected chi connectivity index (χ2v) is 6.41. The molecule has 1 unspecified atom stereocenters. The van der Waals surface area contributed by atoms with E-state index in [1.54, 1.807) is 0 Å². The molecule has 4 rings (SSSR count). The average Bonchev–Trinajstić information content (AvgIpc) is 2.64. The van der Waals surface area contributed by atoms with Gasteiger partial charge in [0.25, 0.3) is 0 Å². The van der Waals surface area contributed by atoms with Crippen molar-refractivity contribution in [1.29, 1.82) is 0 Å². The third-order valence-electron chi connectivity index (χ3n) is 4.66. The average molecular weight is 318 g/mol. The van der Waals surface area contributed by atoms with Gasteiger partial charge in [-0.1, -0.05) is 24.3 Å². The van der Waals surface area contributed by atoms with Crippen molar-refractivity contribution in [3.63, 3.8) is 0 Å². The minimum Gasteiger partial charge on any atom is -0.314 e. The van der Waals surface area contributed by atoms with Gasteiger partial charge >= 0.3 is 0 Å². The number of rotatable bonds is 3. The summed E-state index contributed by atoms with van der Waals surface area (Å²) in [5.41, 5.74) is 4.54. The van der Waals surface area contributed by atoms with E-state index in [0.29, 0.717) is 0 Å². The Morgan fingerprint density at radius 1 is 1.00 bits per heavy atom. The molecule has 0 radical (unpaired) electrons. The molecule has 122 valence electrons. The number of para-hydroxylation sites is 1. The van der Waals surface area contributed by atoms with Crippen molar-refractivity contribution < 1.29 is 0 Å². The molecule has 0 spiro atoms. The molecule has 1 atom stereocenters. The van der Waals surface area contributed by atoms with Crippen molar-refractivity contribution in [2.45, 2.75) is 13.0 Å². The highest BCUT2D eigenvalue weighted by Gasteiger charge is 2.25. The van der Waals surface area contributed by atoms with Crippen LogP contribution in [0.2, 0.25) is 0 Å². The Balaban J connectivity index is 1.79. The Kier molecular flexibility index (Phi) is 4.24. The van der Waals surface area contributed by atoms with Crippen molar-refractivity contribution >= 4 is 10.9 Å². The predicted molar refractivity (Wildman–Crippen MR) is 97.0 cm³/mol. The van der Waals surface area contributed by atoms with E-state index >= 15 is 0 Å². The van der Waals surface area contributed by atoms with Crippen molar-refractivity contribution in [1.82, 2.24) is 20.2 Å². The number of nitrogens with zero attached hydrogens (tertiary/aromatic N) is 3. The number of hydrogen-bond acceptors (Lipinski definition) is 4. The maximum absolute atomic E-state index is 4.72. The van der Waals surface area contributed by atoms with E-state index in [4.69, 9.17) is 4.98 Å². The number of aryl methyl sites for hydroxylation is 1. The van der Waals surface area contributed by atoms with Crippen LogP contribution in [0.4, 0.5) is 0 Å². The van der Waals surface area contributed by atoms with Crippen molar-refractivity contribution in [2.24, 2.45) is 0 Å². The lowest BCUT2D eigenvalue weighted by Crippen LogP contribution is -2.45. The summed E-state index contributed by atoms with van der Waals surface area (Å²) in [6.45, 7) is 6.15. The number of hydrogen-bond donors (Lipinski definition) is 1. The lowest BCUT2D eigenvalue weighted by Gasteiger charge is -2.34. The summed E-state index contributed by atoms with van der Waals surface area (Å²) in [5, 5.41) is 4.62. The first kappa shape index (κ1) is 15.2. The van der Waals surface area contributed by atoms with Gasteiger partial charge in [-0.2, -0.15) is 0 Å². The molecule has 1 aliphatic heterocycles. The summed E-state index contributed by atoms with van der Waals surface area (Å²) >= 11 is 0. The molecule has 4 heteroatoms. The quantitative estimate of drug-likeness (QED) is 0.806. The fourth-order valence-corrected chi connectivity index (χ4v) is 3.39. The van der Waals surface area contributed by atoms with E-state index < -0.39 is 0 Å². The topological polar surface area (TPSA) is 41.1 Å². The largest absolute Gasteiger partial charge is 0.314 e. The van der Waals surface area contributed by atoms with Gasteiger partial charge in [-0.25, -0.2) is 0 Å². The zero-order chi connectivity index (χ0) is 16.4. The number of aromatic nitrogens is 2. The molecule has 3 aromatic rings. The van der Waals surface area contributed by atoms with Crippen LogP contribution in [-0.4, -0.2) is 41.0 Å². The second-order valence-electron chi connectivity index (χ2n) is 6.41. The highest BCUT2D eigenvalue weighted by molar-refractivity contribution is 5.78. The van der Waals surface area contributed by atoms with E-state index in [9.17, 15) is 0 Å². The van der Waals surface area contributed by atoms with Gasteiger partial charge < -0.3 is 5.32 Å². The molecule has 1 N–H and O–H groups in total. The van der Waals surface area contributed by atoms with Crippen LogP contribution in [0.25, 0.3) is 10.9 Å². The lowest BCUT2D eigenvalue weighted by molar-refractivity contribution is 0.195. The first-order valence-corrected chi connectivity index (χ1v) is 8.53. The SMILES string of the molecule is Cc1ccc(C(c2cnc3ccccc3c2)N2CCNCC2)nc1. The summed E-state index contributed by atoms with van der Waals surface area (Å²) in [4.78, 5) is 11.9. The maximum atomic E-state index is 4.72. The van der Waals surface area contributed by atoms with Crippen LogP contribution in [0.5, 0.6) is 0 Å². The monoisotopic (exact) mass is 318 g/mol. The van der Waals surface area contributed by atoms with E-state index in [0.717, 1.165) is 37.4 Å². The Labute approximate surface area is 142 Å².